The molecule has 0 aliphatic heterocycles. The highest BCUT2D eigenvalue weighted by Gasteiger charge is 2.04. The van der Waals surface area contributed by atoms with Gasteiger partial charge in [-0.05, 0) is 28.9 Å². The van der Waals surface area contributed by atoms with Gasteiger partial charge in [-0.25, -0.2) is 0 Å². The third kappa shape index (κ3) is 0.914. The SMILES string of the molecule is Cc1c(Br)cc2c(=O)[nH]ccn12. The topological polar surface area (TPSA) is 37.3 Å². The lowest BCUT2D eigenvalue weighted by Crippen LogP contribution is -2.07. The molecule has 62 valence electrons. The Bertz CT molecular complexity index is 483. The van der Waals surface area contributed by atoms with Crippen molar-refractivity contribution < 1.29 is 0 Å². The monoisotopic (exact) mass is 226 g/mol. The Morgan fingerprint density at radius 2 is 2.33 bits per heavy atom. The Morgan fingerprint density at radius 1 is 1.58 bits per heavy atom. The van der Waals surface area contributed by atoms with Gasteiger partial charge in [0.1, 0.15) is 5.52 Å². The first-order valence-corrected chi connectivity index (χ1v) is 4.34. The van der Waals surface area contributed by atoms with Crippen LogP contribution < -0.4 is 5.56 Å². The van der Waals surface area contributed by atoms with Crippen LogP contribution in [0.2, 0.25) is 0 Å². The van der Waals surface area contributed by atoms with Gasteiger partial charge >= 0.3 is 0 Å². The second-order valence-corrected chi connectivity index (χ2v) is 3.48. The number of nitrogens with zero attached hydrogens (tertiary/aromatic N) is 1. The standard InChI is InChI=1S/C8H7BrN2O/c1-5-6(9)4-7-8(12)10-2-3-11(5)7/h2-4H,1H3,(H,10,12). The summed E-state index contributed by atoms with van der Waals surface area (Å²) in [6.45, 7) is 1.95. The van der Waals surface area contributed by atoms with E-state index in [1.165, 1.54) is 0 Å². The number of aromatic nitrogens is 2. The van der Waals surface area contributed by atoms with E-state index in [-0.39, 0.29) is 5.56 Å². The smallest absolute Gasteiger partial charge is 0.272 e. The number of H-pyrrole nitrogens is 1. The van der Waals surface area contributed by atoms with E-state index in [0.29, 0.717) is 5.52 Å². The van der Waals surface area contributed by atoms with Gasteiger partial charge in [-0.3, -0.25) is 4.79 Å². The number of fused-ring (bicyclic) bond motifs is 1. The lowest BCUT2D eigenvalue weighted by atomic mass is 10.5. The third-order valence-electron chi connectivity index (χ3n) is 1.90. The minimum atomic E-state index is -0.0636. The van der Waals surface area contributed by atoms with Crippen LogP contribution in [0, 0.1) is 6.92 Å². The molecule has 2 heterocycles. The van der Waals surface area contributed by atoms with Crippen LogP contribution in [0.4, 0.5) is 0 Å². The molecule has 0 bridgehead atoms. The van der Waals surface area contributed by atoms with Crippen molar-refractivity contribution in [3.63, 3.8) is 0 Å². The molecule has 0 saturated carbocycles. The maximum atomic E-state index is 11.2. The minimum Gasteiger partial charge on any atom is -0.326 e. The summed E-state index contributed by atoms with van der Waals surface area (Å²) >= 11 is 3.37. The largest absolute Gasteiger partial charge is 0.326 e. The zero-order valence-electron chi connectivity index (χ0n) is 6.47. The van der Waals surface area contributed by atoms with Crippen LogP contribution in [-0.2, 0) is 0 Å². The lowest BCUT2D eigenvalue weighted by Gasteiger charge is -1.94. The zero-order valence-corrected chi connectivity index (χ0v) is 8.05. The van der Waals surface area contributed by atoms with E-state index in [2.05, 4.69) is 20.9 Å². The van der Waals surface area contributed by atoms with Crippen molar-refractivity contribution in [1.29, 1.82) is 0 Å². The molecule has 0 aromatic carbocycles. The molecule has 0 aliphatic carbocycles. The number of nitrogens with one attached hydrogen (secondary N) is 1. The highest BCUT2D eigenvalue weighted by molar-refractivity contribution is 9.10. The van der Waals surface area contributed by atoms with Crippen LogP contribution in [0.5, 0.6) is 0 Å². The Hall–Kier alpha value is -1.03. The van der Waals surface area contributed by atoms with Gasteiger partial charge in [0.05, 0.1) is 0 Å². The van der Waals surface area contributed by atoms with Gasteiger partial charge in [-0.15, -0.1) is 0 Å². The van der Waals surface area contributed by atoms with E-state index >= 15 is 0 Å². The van der Waals surface area contributed by atoms with Crippen LogP contribution in [0.25, 0.3) is 5.52 Å². The number of hydrogen-bond acceptors (Lipinski definition) is 1. The normalized spacial score (nSPS) is 10.8. The second kappa shape index (κ2) is 2.48. The van der Waals surface area contributed by atoms with Crippen molar-refractivity contribution in [2.24, 2.45) is 0 Å². The van der Waals surface area contributed by atoms with Gasteiger partial charge < -0.3 is 9.38 Å². The van der Waals surface area contributed by atoms with Gasteiger partial charge in [-0.1, -0.05) is 0 Å². The molecule has 2 aromatic rings. The summed E-state index contributed by atoms with van der Waals surface area (Å²) < 4.78 is 2.81. The highest BCUT2D eigenvalue weighted by atomic mass is 79.9. The molecular formula is C8H7BrN2O. The Balaban J connectivity index is 3.05. The van der Waals surface area contributed by atoms with Gasteiger partial charge in [-0.2, -0.15) is 0 Å². The maximum absolute atomic E-state index is 11.2. The van der Waals surface area contributed by atoms with Gasteiger partial charge in [0.2, 0.25) is 0 Å². The summed E-state index contributed by atoms with van der Waals surface area (Å²) in [4.78, 5) is 13.9. The first-order valence-electron chi connectivity index (χ1n) is 3.55. The summed E-state index contributed by atoms with van der Waals surface area (Å²) in [5, 5.41) is 0. The Kier molecular flexibility index (Phi) is 1.58. The first kappa shape index (κ1) is 7.61. The first-order chi connectivity index (χ1) is 5.70. The number of halogens is 1. The molecule has 3 nitrogen and oxygen atoms in total. The van der Waals surface area contributed by atoms with Crippen molar-refractivity contribution in [2.45, 2.75) is 6.92 Å². The number of aromatic amines is 1. The van der Waals surface area contributed by atoms with Crippen LogP contribution in [0.1, 0.15) is 5.69 Å². The predicted octanol–water partition coefficient (Wildman–Crippen LogP) is 1.70. The highest BCUT2D eigenvalue weighted by Crippen LogP contribution is 2.18. The number of rotatable bonds is 0. The van der Waals surface area contributed by atoms with E-state index in [1.807, 2.05) is 23.6 Å². The molecule has 0 amide bonds. The molecule has 2 rings (SSSR count). The predicted molar refractivity (Wildman–Crippen MR) is 50.5 cm³/mol. The fourth-order valence-electron chi connectivity index (χ4n) is 1.22. The van der Waals surface area contributed by atoms with Crippen LogP contribution in [-0.4, -0.2) is 9.38 Å². The van der Waals surface area contributed by atoms with E-state index in [1.54, 1.807) is 6.20 Å². The van der Waals surface area contributed by atoms with E-state index in [4.69, 9.17) is 0 Å². The molecule has 0 atom stereocenters. The minimum absolute atomic E-state index is 0.0636. The molecule has 2 aromatic heterocycles. The van der Waals surface area contributed by atoms with Crippen molar-refractivity contribution >= 4 is 21.4 Å². The molecule has 12 heavy (non-hydrogen) atoms. The summed E-state index contributed by atoms with van der Waals surface area (Å²) in [6, 6.07) is 1.81. The quantitative estimate of drug-likeness (QED) is 0.730. The second-order valence-electron chi connectivity index (χ2n) is 2.62. The molecule has 0 fully saturated rings. The maximum Gasteiger partial charge on any atom is 0.272 e. The van der Waals surface area contributed by atoms with Gasteiger partial charge in [0.25, 0.3) is 5.56 Å². The fraction of sp³-hybridized carbons (Fsp3) is 0.125. The molecule has 4 heteroatoms. The van der Waals surface area contributed by atoms with Gasteiger partial charge in [0.15, 0.2) is 0 Å². The Labute approximate surface area is 77.2 Å². The van der Waals surface area contributed by atoms with E-state index in [0.717, 1.165) is 10.2 Å². The van der Waals surface area contributed by atoms with E-state index in [9.17, 15) is 4.79 Å². The summed E-state index contributed by atoms with van der Waals surface area (Å²) in [5.41, 5.74) is 1.64. The average Bonchev–Trinajstić information content (AvgIpc) is 2.32. The lowest BCUT2D eigenvalue weighted by molar-refractivity contribution is 1.05. The molecule has 0 radical (unpaired) electrons. The molecule has 1 N–H and O–H groups in total. The van der Waals surface area contributed by atoms with E-state index < -0.39 is 0 Å². The van der Waals surface area contributed by atoms with Gasteiger partial charge in [0, 0.05) is 22.6 Å². The summed E-state index contributed by atoms with van der Waals surface area (Å²) in [7, 11) is 0. The molecule has 0 spiro atoms. The molecule has 0 unspecified atom stereocenters. The van der Waals surface area contributed by atoms with Crippen molar-refractivity contribution in [2.75, 3.05) is 0 Å². The molecule has 0 aliphatic rings. The van der Waals surface area contributed by atoms with Crippen LogP contribution in [0.3, 0.4) is 0 Å². The summed E-state index contributed by atoms with van der Waals surface area (Å²) in [5.74, 6) is 0. The average molecular weight is 227 g/mol. The summed E-state index contributed by atoms with van der Waals surface area (Å²) in [6.07, 6.45) is 3.46. The third-order valence-corrected chi connectivity index (χ3v) is 2.70. The van der Waals surface area contributed by atoms with Crippen molar-refractivity contribution in [1.82, 2.24) is 9.38 Å². The molecule has 0 saturated heterocycles. The van der Waals surface area contributed by atoms with Crippen LogP contribution >= 0.6 is 15.9 Å². The van der Waals surface area contributed by atoms with Crippen LogP contribution in [0.15, 0.2) is 27.7 Å². The van der Waals surface area contributed by atoms with Crippen molar-refractivity contribution in [3.8, 4) is 0 Å². The number of hydrogen-bond donors (Lipinski definition) is 1. The zero-order chi connectivity index (χ0) is 8.72. The fourth-order valence-corrected chi connectivity index (χ4v) is 1.63. The molecular weight excluding hydrogens is 220 g/mol. The number of aryl methyl sites for hydroxylation is 1. The Morgan fingerprint density at radius 3 is 3.00 bits per heavy atom. The van der Waals surface area contributed by atoms with Crippen molar-refractivity contribution in [3.05, 3.63) is 39.0 Å².